The molecule has 11 heteroatoms. The molecule has 39 heavy (non-hydrogen) atoms. The number of fused-ring (bicyclic) bond motifs is 1. The van der Waals surface area contributed by atoms with E-state index >= 15 is 0 Å². The zero-order chi connectivity index (χ0) is 28.2. The van der Waals surface area contributed by atoms with E-state index in [1.54, 1.807) is 43.9 Å². The van der Waals surface area contributed by atoms with Crippen LogP contribution in [0.2, 0.25) is 0 Å². The van der Waals surface area contributed by atoms with E-state index in [9.17, 15) is 19.2 Å². The number of hydrogen-bond donors (Lipinski definition) is 3. The Bertz CT molecular complexity index is 1240. The normalized spacial score (nSPS) is 18.5. The monoisotopic (exact) mass is 539 g/mol. The predicted molar refractivity (Wildman–Crippen MR) is 144 cm³/mol. The molecule has 1 aliphatic carbocycles. The van der Waals surface area contributed by atoms with E-state index in [-0.39, 0.29) is 30.2 Å². The fourth-order valence-electron chi connectivity index (χ4n) is 5.18. The number of nitrogens with zero attached hydrogens (tertiary/aromatic N) is 2. The summed E-state index contributed by atoms with van der Waals surface area (Å²) in [6.07, 6.45) is 5.32. The number of alkyl carbamates (subject to hydrolysis) is 1. The number of nitrogens with one attached hydrogen (secondary N) is 2. The van der Waals surface area contributed by atoms with E-state index in [0.29, 0.717) is 18.4 Å². The molecule has 2 heterocycles. The lowest BCUT2D eigenvalue weighted by atomic mass is 9.82. The van der Waals surface area contributed by atoms with Gasteiger partial charge in [-0.2, -0.15) is 0 Å². The van der Waals surface area contributed by atoms with E-state index in [2.05, 4.69) is 15.6 Å². The molecular formula is C28H37N5O6. The van der Waals surface area contributed by atoms with E-state index in [0.717, 1.165) is 43.1 Å². The maximum atomic E-state index is 13.6. The zero-order valence-electron chi connectivity index (χ0n) is 22.7. The van der Waals surface area contributed by atoms with Crippen LogP contribution < -0.4 is 21.1 Å². The smallest absolute Gasteiger partial charge is 0.411 e. The molecule has 1 aromatic carbocycles. The molecule has 1 saturated carbocycles. The molecule has 1 saturated heterocycles. The fraction of sp³-hybridized carbons (Fsp3) is 0.536. The van der Waals surface area contributed by atoms with Crippen molar-refractivity contribution in [3.63, 3.8) is 0 Å². The highest BCUT2D eigenvalue weighted by Crippen LogP contribution is 2.30. The average molecular weight is 540 g/mol. The van der Waals surface area contributed by atoms with E-state index in [4.69, 9.17) is 15.2 Å². The molecule has 1 aliphatic heterocycles. The Kier molecular flexibility index (Phi) is 8.57. The summed E-state index contributed by atoms with van der Waals surface area (Å²) < 4.78 is 10.4. The van der Waals surface area contributed by atoms with Crippen molar-refractivity contribution in [1.82, 2.24) is 20.5 Å². The first-order valence-corrected chi connectivity index (χ1v) is 13.4. The molecule has 4 rings (SSSR count). The van der Waals surface area contributed by atoms with Crippen LogP contribution in [-0.2, 0) is 20.9 Å². The SMILES string of the molecule is CC(C)(C)OC(=O)N[C@@H](C(=O)N1CC[C@H]1C(=O)NCc1ccc2c(OC(N)=O)nccc2c1)C1CCCCC1. The molecule has 2 atom stereocenters. The van der Waals surface area contributed by atoms with Gasteiger partial charge in [-0.3, -0.25) is 9.59 Å². The molecule has 4 amide bonds. The van der Waals surface area contributed by atoms with Crippen molar-refractivity contribution in [2.45, 2.75) is 83.5 Å². The maximum Gasteiger partial charge on any atom is 0.411 e. The molecular weight excluding hydrogens is 502 g/mol. The van der Waals surface area contributed by atoms with E-state index < -0.39 is 29.9 Å². The number of benzene rings is 1. The van der Waals surface area contributed by atoms with Crippen LogP contribution >= 0.6 is 0 Å². The Morgan fingerprint density at radius 2 is 1.85 bits per heavy atom. The summed E-state index contributed by atoms with van der Waals surface area (Å²) >= 11 is 0. The minimum atomic E-state index is -0.946. The molecule has 1 aromatic heterocycles. The number of amides is 4. The highest BCUT2D eigenvalue weighted by Gasteiger charge is 2.43. The fourth-order valence-corrected chi connectivity index (χ4v) is 5.18. The summed E-state index contributed by atoms with van der Waals surface area (Å²) in [4.78, 5) is 55.9. The third kappa shape index (κ3) is 7.15. The predicted octanol–water partition coefficient (Wildman–Crippen LogP) is 3.38. The number of primary amides is 1. The van der Waals surface area contributed by atoms with Crippen LogP contribution in [0.15, 0.2) is 30.5 Å². The van der Waals surface area contributed by atoms with Gasteiger partial charge >= 0.3 is 12.2 Å². The van der Waals surface area contributed by atoms with Gasteiger partial charge in [-0.15, -0.1) is 0 Å². The van der Waals surface area contributed by atoms with E-state index in [1.165, 1.54) is 6.20 Å². The first-order valence-electron chi connectivity index (χ1n) is 13.4. The summed E-state index contributed by atoms with van der Waals surface area (Å²) in [6.45, 7) is 6.05. The Morgan fingerprint density at radius 1 is 1.10 bits per heavy atom. The first kappa shape index (κ1) is 28.1. The molecule has 0 radical (unpaired) electrons. The highest BCUT2D eigenvalue weighted by molar-refractivity contribution is 5.93. The molecule has 2 aromatic rings. The van der Waals surface area contributed by atoms with Crippen molar-refractivity contribution in [3.05, 3.63) is 36.0 Å². The minimum absolute atomic E-state index is 0.0126. The lowest BCUT2D eigenvalue weighted by Crippen LogP contribution is -2.63. The van der Waals surface area contributed by atoms with Crippen LogP contribution in [0.3, 0.4) is 0 Å². The summed E-state index contributed by atoms with van der Waals surface area (Å²) in [5.41, 5.74) is 5.26. The van der Waals surface area contributed by atoms with E-state index in [1.807, 2.05) is 6.07 Å². The molecule has 0 bridgehead atoms. The van der Waals surface area contributed by atoms with Crippen molar-refractivity contribution in [2.75, 3.05) is 6.54 Å². The zero-order valence-corrected chi connectivity index (χ0v) is 22.7. The van der Waals surface area contributed by atoms with Gasteiger partial charge in [0, 0.05) is 24.7 Å². The Balaban J connectivity index is 1.40. The average Bonchev–Trinajstić information content (AvgIpc) is 2.84. The molecule has 2 fully saturated rings. The van der Waals surface area contributed by atoms with Gasteiger partial charge in [-0.25, -0.2) is 14.6 Å². The number of nitrogens with two attached hydrogens (primary N) is 1. The van der Waals surface area contributed by atoms with Gasteiger partial charge in [0.1, 0.15) is 17.7 Å². The van der Waals surface area contributed by atoms with Crippen molar-refractivity contribution < 1.29 is 28.7 Å². The summed E-state index contributed by atoms with van der Waals surface area (Å²) in [7, 11) is 0. The van der Waals surface area contributed by atoms with Crippen molar-refractivity contribution in [2.24, 2.45) is 11.7 Å². The molecule has 2 aliphatic rings. The Morgan fingerprint density at radius 3 is 2.49 bits per heavy atom. The van der Waals surface area contributed by atoms with Gasteiger partial charge in [0.05, 0.1) is 0 Å². The maximum absolute atomic E-state index is 13.6. The number of hydrogen-bond acceptors (Lipinski definition) is 7. The second kappa shape index (κ2) is 11.9. The largest absolute Gasteiger partial charge is 0.444 e. The van der Waals surface area contributed by atoms with Crippen LogP contribution in [0.25, 0.3) is 10.8 Å². The van der Waals surface area contributed by atoms with Gasteiger partial charge in [-0.05, 0) is 75.1 Å². The molecule has 0 unspecified atom stereocenters. The van der Waals surface area contributed by atoms with Gasteiger partial charge in [-0.1, -0.05) is 25.3 Å². The second-order valence-corrected chi connectivity index (χ2v) is 11.2. The van der Waals surface area contributed by atoms with Gasteiger partial charge < -0.3 is 30.7 Å². The van der Waals surface area contributed by atoms with Crippen LogP contribution in [-0.4, -0.2) is 58.1 Å². The first-order chi connectivity index (χ1) is 18.5. The van der Waals surface area contributed by atoms with Gasteiger partial charge in [0.15, 0.2) is 0 Å². The molecule has 4 N–H and O–H groups in total. The van der Waals surface area contributed by atoms with Crippen LogP contribution in [0.1, 0.15) is 64.9 Å². The third-order valence-corrected chi connectivity index (χ3v) is 7.12. The van der Waals surface area contributed by atoms with Crippen LogP contribution in [0.5, 0.6) is 5.88 Å². The number of aromatic nitrogens is 1. The second-order valence-electron chi connectivity index (χ2n) is 11.2. The van der Waals surface area contributed by atoms with Gasteiger partial charge in [0.25, 0.3) is 0 Å². The number of pyridine rings is 1. The summed E-state index contributed by atoms with van der Waals surface area (Å²) in [5, 5.41) is 7.13. The van der Waals surface area contributed by atoms with Crippen molar-refractivity contribution in [3.8, 4) is 5.88 Å². The number of carbonyl (C=O) groups is 4. The lowest BCUT2D eigenvalue weighted by Gasteiger charge is -2.43. The Hall–Kier alpha value is -3.89. The number of carbonyl (C=O) groups excluding carboxylic acids is 4. The van der Waals surface area contributed by atoms with Gasteiger partial charge in [0.2, 0.25) is 17.7 Å². The quantitative estimate of drug-likeness (QED) is 0.487. The summed E-state index contributed by atoms with van der Waals surface area (Å²) in [6, 6.07) is 5.86. The topological polar surface area (TPSA) is 153 Å². The van der Waals surface area contributed by atoms with Crippen LogP contribution in [0, 0.1) is 5.92 Å². The highest BCUT2D eigenvalue weighted by atomic mass is 16.6. The molecule has 210 valence electrons. The standard InChI is InChI=1S/C28H37N5O6/c1-28(2,3)39-27(37)32-22(18-7-5-4-6-8-18)25(35)33-14-12-21(33)23(34)31-16-17-9-10-20-19(15-17)11-13-30-24(20)38-26(29)36/h9-11,13,15,18,21-22H,4-8,12,14,16H2,1-3H3,(H2,29,36)(H,31,34)(H,32,37)/t21-,22+/m0/s1. The number of ether oxygens (including phenoxy) is 2. The Labute approximate surface area is 227 Å². The van der Waals surface area contributed by atoms with Crippen molar-refractivity contribution in [1.29, 1.82) is 0 Å². The lowest BCUT2D eigenvalue weighted by molar-refractivity contribution is -0.150. The van der Waals surface area contributed by atoms with Crippen molar-refractivity contribution >= 4 is 34.8 Å². The minimum Gasteiger partial charge on any atom is -0.444 e. The summed E-state index contributed by atoms with van der Waals surface area (Å²) in [5.74, 6) is -0.355. The molecule has 0 spiro atoms. The number of likely N-dealkylation sites (tertiary alicyclic amines) is 1. The molecule has 11 nitrogen and oxygen atoms in total. The van der Waals surface area contributed by atoms with Crippen LogP contribution in [0.4, 0.5) is 9.59 Å². The number of rotatable bonds is 7. The third-order valence-electron chi connectivity index (χ3n) is 7.12.